The van der Waals surface area contributed by atoms with Gasteiger partial charge in [0.25, 0.3) is 0 Å². The third-order valence-electron chi connectivity index (χ3n) is 7.39. The standard InChI is InChI=1S/C24H39ClN6.HI/c1-26-24(28-20-17-21-7-4-8-22(18-20)29(21)2)27-10-5-11-30-12-14-31(15-13-30)23-9-3-6-19(25)16-23;/h3,6,9,16,20-22H,4-5,7-8,10-15,17-18H2,1-2H3,(H2,26,27,28);1H. The molecule has 3 heterocycles. The van der Waals surface area contributed by atoms with Gasteiger partial charge in [0.2, 0.25) is 0 Å². The van der Waals surface area contributed by atoms with Gasteiger partial charge in [0.15, 0.2) is 5.96 Å². The van der Waals surface area contributed by atoms with Crippen LogP contribution in [0.5, 0.6) is 0 Å². The zero-order chi connectivity index (χ0) is 21.6. The molecule has 2 N–H and O–H groups in total. The van der Waals surface area contributed by atoms with Crippen molar-refractivity contribution in [1.82, 2.24) is 20.4 Å². The first-order chi connectivity index (χ1) is 15.1. The normalized spacial score (nSPS) is 27.0. The second-order valence-electron chi connectivity index (χ2n) is 9.38. The lowest BCUT2D eigenvalue weighted by Crippen LogP contribution is -2.56. The fourth-order valence-corrected chi connectivity index (χ4v) is 5.72. The molecule has 0 aromatic heterocycles. The molecule has 1 aromatic rings. The number of piperazine rings is 1. The second kappa shape index (κ2) is 12.6. The smallest absolute Gasteiger partial charge is 0.191 e. The molecule has 3 aliphatic heterocycles. The molecule has 0 saturated carbocycles. The van der Waals surface area contributed by atoms with Gasteiger partial charge in [0.05, 0.1) is 0 Å². The molecule has 180 valence electrons. The highest BCUT2D eigenvalue weighted by atomic mass is 127. The molecule has 0 aliphatic carbocycles. The fourth-order valence-electron chi connectivity index (χ4n) is 5.53. The van der Waals surface area contributed by atoms with Crippen molar-refractivity contribution in [1.29, 1.82) is 0 Å². The maximum Gasteiger partial charge on any atom is 0.191 e. The van der Waals surface area contributed by atoms with Gasteiger partial charge in [-0.3, -0.25) is 9.89 Å². The molecule has 2 unspecified atom stereocenters. The maximum absolute atomic E-state index is 6.15. The van der Waals surface area contributed by atoms with Crippen molar-refractivity contribution < 1.29 is 0 Å². The van der Waals surface area contributed by atoms with Crippen LogP contribution in [0.1, 0.15) is 38.5 Å². The van der Waals surface area contributed by atoms with Crippen LogP contribution in [0, 0.1) is 0 Å². The number of hydrogen-bond acceptors (Lipinski definition) is 4. The van der Waals surface area contributed by atoms with Crippen molar-refractivity contribution in [3.63, 3.8) is 0 Å². The Morgan fingerprint density at radius 1 is 1.12 bits per heavy atom. The fraction of sp³-hybridized carbons (Fsp3) is 0.708. The average Bonchev–Trinajstić information content (AvgIpc) is 2.77. The number of halogens is 2. The summed E-state index contributed by atoms with van der Waals surface area (Å²) in [6.45, 7) is 6.44. The number of guanidine groups is 1. The zero-order valence-electron chi connectivity index (χ0n) is 19.6. The van der Waals surface area contributed by atoms with E-state index in [1.54, 1.807) is 0 Å². The Morgan fingerprint density at radius 2 is 1.84 bits per heavy atom. The van der Waals surface area contributed by atoms with E-state index >= 15 is 0 Å². The van der Waals surface area contributed by atoms with Gasteiger partial charge < -0.3 is 20.4 Å². The van der Waals surface area contributed by atoms with E-state index < -0.39 is 0 Å². The van der Waals surface area contributed by atoms with Gasteiger partial charge in [0, 0.05) is 68.6 Å². The number of benzene rings is 1. The first-order valence-corrected chi connectivity index (χ1v) is 12.4. The minimum atomic E-state index is 0. The molecule has 4 rings (SSSR count). The molecule has 2 bridgehead atoms. The third-order valence-corrected chi connectivity index (χ3v) is 7.63. The number of hydrogen-bond donors (Lipinski definition) is 2. The molecular formula is C24H40ClIN6. The van der Waals surface area contributed by atoms with Crippen molar-refractivity contribution in [2.45, 2.75) is 56.7 Å². The lowest BCUT2D eigenvalue weighted by molar-refractivity contribution is 0.0526. The summed E-state index contributed by atoms with van der Waals surface area (Å²) < 4.78 is 0. The van der Waals surface area contributed by atoms with E-state index in [2.05, 4.69) is 49.5 Å². The number of nitrogens with one attached hydrogen (secondary N) is 2. The first-order valence-electron chi connectivity index (χ1n) is 12.0. The van der Waals surface area contributed by atoms with Crippen LogP contribution in [0.3, 0.4) is 0 Å². The van der Waals surface area contributed by atoms with Crippen LogP contribution in [-0.4, -0.2) is 87.2 Å². The van der Waals surface area contributed by atoms with Crippen molar-refractivity contribution in [2.75, 3.05) is 58.3 Å². The van der Waals surface area contributed by atoms with Crippen LogP contribution in [0.25, 0.3) is 0 Å². The number of piperidine rings is 2. The molecule has 32 heavy (non-hydrogen) atoms. The second-order valence-corrected chi connectivity index (χ2v) is 9.81. The number of rotatable bonds is 6. The summed E-state index contributed by atoms with van der Waals surface area (Å²) in [5, 5.41) is 8.07. The van der Waals surface area contributed by atoms with Crippen molar-refractivity contribution >= 4 is 47.2 Å². The predicted octanol–water partition coefficient (Wildman–Crippen LogP) is 3.65. The van der Waals surface area contributed by atoms with Crippen LogP contribution in [-0.2, 0) is 0 Å². The Bertz CT molecular complexity index is 725. The molecule has 2 atom stereocenters. The van der Waals surface area contributed by atoms with E-state index in [4.69, 9.17) is 11.6 Å². The van der Waals surface area contributed by atoms with E-state index in [0.29, 0.717) is 6.04 Å². The van der Waals surface area contributed by atoms with Crippen molar-refractivity contribution in [3.05, 3.63) is 29.3 Å². The highest BCUT2D eigenvalue weighted by molar-refractivity contribution is 14.0. The molecule has 1 aromatic carbocycles. The SMILES string of the molecule is CN=C(NCCCN1CCN(c2cccc(Cl)c2)CC1)NC1CC2CCCC(C1)N2C.I. The topological polar surface area (TPSA) is 46.1 Å². The van der Waals surface area contributed by atoms with Gasteiger partial charge in [-0.1, -0.05) is 24.1 Å². The molecule has 3 fully saturated rings. The molecule has 0 radical (unpaired) electrons. The van der Waals surface area contributed by atoms with Gasteiger partial charge >= 0.3 is 0 Å². The van der Waals surface area contributed by atoms with E-state index in [1.807, 2.05) is 19.2 Å². The summed E-state index contributed by atoms with van der Waals surface area (Å²) in [7, 11) is 4.20. The molecule has 8 heteroatoms. The quantitative estimate of drug-likeness (QED) is 0.235. The summed E-state index contributed by atoms with van der Waals surface area (Å²) in [6.07, 6.45) is 7.71. The van der Waals surface area contributed by atoms with Crippen LogP contribution in [0.4, 0.5) is 5.69 Å². The Morgan fingerprint density at radius 3 is 2.50 bits per heavy atom. The van der Waals surface area contributed by atoms with Crippen molar-refractivity contribution in [3.8, 4) is 0 Å². The predicted molar refractivity (Wildman–Crippen MR) is 147 cm³/mol. The maximum atomic E-state index is 6.15. The largest absolute Gasteiger partial charge is 0.369 e. The minimum absolute atomic E-state index is 0. The minimum Gasteiger partial charge on any atom is -0.369 e. The highest BCUT2D eigenvalue weighted by Crippen LogP contribution is 2.32. The Balaban J connectivity index is 0.00000289. The lowest BCUT2D eigenvalue weighted by Gasteiger charge is -2.47. The van der Waals surface area contributed by atoms with Crippen LogP contribution in [0.2, 0.25) is 5.02 Å². The molecule has 0 amide bonds. The van der Waals surface area contributed by atoms with Crippen molar-refractivity contribution in [2.24, 2.45) is 4.99 Å². The number of anilines is 1. The van der Waals surface area contributed by atoms with Crippen LogP contribution >= 0.6 is 35.6 Å². The highest BCUT2D eigenvalue weighted by Gasteiger charge is 2.36. The van der Waals surface area contributed by atoms with Crippen LogP contribution < -0.4 is 15.5 Å². The van der Waals surface area contributed by atoms with E-state index in [-0.39, 0.29) is 24.0 Å². The van der Waals surface area contributed by atoms with Gasteiger partial charge in [0.1, 0.15) is 0 Å². The Kier molecular flexibility index (Phi) is 10.2. The van der Waals surface area contributed by atoms with Gasteiger partial charge in [-0.2, -0.15) is 0 Å². The summed E-state index contributed by atoms with van der Waals surface area (Å²) in [6, 6.07) is 10.2. The van der Waals surface area contributed by atoms with Gasteiger partial charge in [-0.05, 0) is 63.9 Å². The lowest BCUT2D eigenvalue weighted by atomic mass is 9.82. The number of aliphatic imine (C=N–C) groups is 1. The van der Waals surface area contributed by atoms with Gasteiger partial charge in [-0.15, -0.1) is 24.0 Å². The Labute approximate surface area is 216 Å². The summed E-state index contributed by atoms with van der Waals surface area (Å²) in [5.41, 5.74) is 1.24. The number of nitrogens with zero attached hydrogens (tertiary/aromatic N) is 4. The first kappa shape index (κ1) is 25.8. The summed E-state index contributed by atoms with van der Waals surface area (Å²) in [5.74, 6) is 0.971. The molecule has 3 saturated heterocycles. The van der Waals surface area contributed by atoms with E-state index in [0.717, 1.165) is 68.8 Å². The van der Waals surface area contributed by atoms with Crippen LogP contribution in [0.15, 0.2) is 29.3 Å². The monoisotopic (exact) mass is 574 g/mol. The average molecular weight is 575 g/mol. The van der Waals surface area contributed by atoms with E-state index in [1.165, 1.54) is 37.8 Å². The summed E-state index contributed by atoms with van der Waals surface area (Å²) >= 11 is 6.15. The summed E-state index contributed by atoms with van der Waals surface area (Å²) in [4.78, 5) is 12.1. The molecular weight excluding hydrogens is 535 g/mol. The Hall–Kier alpha value is -0.770. The molecule has 3 aliphatic rings. The third kappa shape index (κ3) is 6.87. The zero-order valence-corrected chi connectivity index (χ0v) is 22.7. The molecule has 6 nitrogen and oxygen atoms in total. The number of fused-ring (bicyclic) bond motifs is 2. The van der Waals surface area contributed by atoms with Gasteiger partial charge in [-0.25, -0.2) is 0 Å². The molecule has 0 spiro atoms. The van der Waals surface area contributed by atoms with E-state index in [9.17, 15) is 0 Å².